The first-order valence-electron chi connectivity index (χ1n) is 7.64. The van der Waals surface area contributed by atoms with E-state index in [2.05, 4.69) is 42.2 Å². The molecule has 0 bridgehead atoms. The Morgan fingerprint density at radius 1 is 1.24 bits per heavy atom. The van der Waals surface area contributed by atoms with E-state index in [0.717, 1.165) is 31.6 Å². The Hall–Kier alpha value is -1.81. The van der Waals surface area contributed by atoms with Gasteiger partial charge in [-0.05, 0) is 29.0 Å². The lowest BCUT2D eigenvalue weighted by Crippen LogP contribution is -2.13. The fourth-order valence-electron chi connectivity index (χ4n) is 2.76. The second-order valence-corrected chi connectivity index (χ2v) is 6.26. The molecule has 4 nitrogen and oxygen atoms in total. The molecule has 0 fully saturated rings. The first-order chi connectivity index (χ1) is 10.2. The van der Waals surface area contributed by atoms with Crippen molar-refractivity contribution >= 4 is 5.69 Å². The van der Waals surface area contributed by atoms with Gasteiger partial charge in [0.05, 0.1) is 18.5 Å². The van der Waals surface area contributed by atoms with Gasteiger partial charge in [-0.25, -0.2) is 0 Å². The maximum Gasteiger partial charge on any atom is 0.0758 e. The number of aliphatic hydroxyl groups is 1. The van der Waals surface area contributed by atoms with Gasteiger partial charge >= 0.3 is 0 Å². The molecule has 1 aliphatic heterocycles. The van der Waals surface area contributed by atoms with Gasteiger partial charge in [-0.3, -0.25) is 4.68 Å². The van der Waals surface area contributed by atoms with Gasteiger partial charge in [0.2, 0.25) is 0 Å². The van der Waals surface area contributed by atoms with E-state index in [9.17, 15) is 5.11 Å². The molecule has 1 aromatic carbocycles. The van der Waals surface area contributed by atoms with Gasteiger partial charge in [-0.2, -0.15) is 5.10 Å². The van der Waals surface area contributed by atoms with Gasteiger partial charge in [0.25, 0.3) is 0 Å². The van der Waals surface area contributed by atoms with Gasteiger partial charge in [0, 0.05) is 25.8 Å². The lowest BCUT2D eigenvalue weighted by molar-refractivity contribution is 0.281. The molecule has 0 radical (unpaired) electrons. The summed E-state index contributed by atoms with van der Waals surface area (Å²) in [7, 11) is 0. The molecule has 1 aliphatic rings. The Morgan fingerprint density at radius 3 is 2.81 bits per heavy atom. The Balaban J connectivity index is 1.69. The first kappa shape index (κ1) is 14.1. The van der Waals surface area contributed by atoms with Crippen molar-refractivity contribution < 1.29 is 5.11 Å². The Kier molecular flexibility index (Phi) is 3.97. The number of aryl methyl sites for hydroxylation is 1. The number of fused-ring (bicyclic) bond motifs is 1. The highest BCUT2D eigenvalue weighted by Crippen LogP contribution is 2.28. The predicted molar refractivity (Wildman–Crippen MR) is 83.9 cm³/mol. The number of benzene rings is 1. The maximum atomic E-state index is 9.23. The molecule has 3 rings (SSSR count). The van der Waals surface area contributed by atoms with Crippen molar-refractivity contribution in [3.63, 3.8) is 0 Å². The third-order valence-electron chi connectivity index (χ3n) is 4.10. The lowest BCUT2D eigenvalue weighted by atomic mass is 10.1. The van der Waals surface area contributed by atoms with E-state index in [1.165, 1.54) is 16.8 Å². The summed E-state index contributed by atoms with van der Waals surface area (Å²) in [6, 6.07) is 6.25. The number of nitrogens with zero attached hydrogens (tertiary/aromatic N) is 3. The summed E-state index contributed by atoms with van der Waals surface area (Å²) in [6.45, 7) is 7.39. The fourth-order valence-corrected chi connectivity index (χ4v) is 2.76. The van der Waals surface area contributed by atoms with Crippen LogP contribution in [0.3, 0.4) is 0 Å². The summed E-state index contributed by atoms with van der Waals surface area (Å²) in [5, 5.41) is 13.7. The van der Waals surface area contributed by atoms with Crippen LogP contribution >= 0.6 is 0 Å². The minimum Gasteiger partial charge on any atom is -0.392 e. The van der Waals surface area contributed by atoms with Crippen LogP contribution in [-0.2, 0) is 26.2 Å². The standard InChI is InChI=1S/C17H23N3O/c1-13(2)5-6-20-11-17(8-18-20)19-9-15-4-3-14(12-21)7-16(15)10-19/h3-4,7-8,11,13,21H,5-6,9-10,12H2,1-2H3. The number of rotatable bonds is 5. The zero-order valence-electron chi connectivity index (χ0n) is 12.8. The van der Waals surface area contributed by atoms with Gasteiger partial charge in [0.1, 0.15) is 0 Å². The van der Waals surface area contributed by atoms with Gasteiger partial charge in [-0.1, -0.05) is 32.0 Å². The quantitative estimate of drug-likeness (QED) is 0.918. The Morgan fingerprint density at radius 2 is 2.05 bits per heavy atom. The predicted octanol–water partition coefficient (Wildman–Crippen LogP) is 2.94. The number of aromatic nitrogens is 2. The molecule has 0 saturated carbocycles. The van der Waals surface area contributed by atoms with Gasteiger partial charge in [-0.15, -0.1) is 0 Å². The molecule has 2 heterocycles. The number of hydrogen-bond donors (Lipinski definition) is 1. The SMILES string of the molecule is CC(C)CCn1cc(N2Cc3ccc(CO)cc3C2)cn1. The molecule has 2 aromatic rings. The van der Waals surface area contributed by atoms with Crippen molar-refractivity contribution in [2.24, 2.45) is 5.92 Å². The van der Waals surface area contributed by atoms with Crippen LogP contribution in [0, 0.1) is 5.92 Å². The fraction of sp³-hybridized carbons (Fsp3) is 0.471. The first-order valence-corrected chi connectivity index (χ1v) is 7.64. The maximum absolute atomic E-state index is 9.23. The highest BCUT2D eigenvalue weighted by molar-refractivity contribution is 5.50. The van der Waals surface area contributed by atoms with E-state index in [4.69, 9.17) is 0 Å². The molecule has 0 spiro atoms. The number of aliphatic hydroxyl groups excluding tert-OH is 1. The molecule has 0 atom stereocenters. The number of hydrogen-bond acceptors (Lipinski definition) is 3. The van der Waals surface area contributed by atoms with Crippen LogP contribution in [0.1, 0.15) is 37.0 Å². The van der Waals surface area contributed by atoms with Crippen molar-refractivity contribution in [3.05, 3.63) is 47.3 Å². The van der Waals surface area contributed by atoms with Crippen molar-refractivity contribution in [1.29, 1.82) is 0 Å². The van der Waals surface area contributed by atoms with E-state index < -0.39 is 0 Å². The second-order valence-electron chi connectivity index (χ2n) is 6.26. The smallest absolute Gasteiger partial charge is 0.0758 e. The average molecular weight is 285 g/mol. The third-order valence-corrected chi connectivity index (χ3v) is 4.10. The largest absolute Gasteiger partial charge is 0.392 e. The second kappa shape index (κ2) is 5.90. The van der Waals surface area contributed by atoms with E-state index in [1.54, 1.807) is 0 Å². The summed E-state index contributed by atoms with van der Waals surface area (Å²) in [5.74, 6) is 0.700. The van der Waals surface area contributed by atoms with Crippen LogP contribution < -0.4 is 4.90 Å². The monoisotopic (exact) mass is 285 g/mol. The molecule has 0 unspecified atom stereocenters. The zero-order valence-corrected chi connectivity index (χ0v) is 12.8. The van der Waals surface area contributed by atoms with Gasteiger partial charge < -0.3 is 10.0 Å². The van der Waals surface area contributed by atoms with Crippen molar-refractivity contribution in [3.8, 4) is 0 Å². The minimum atomic E-state index is 0.112. The summed E-state index contributed by atoms with van der Waals surface area (Å²) < 4.78 is 2.04. The van der Waals surface area contributed by atoms with Crippen LogP contribution in [0.15, 0.2) is 30.6 Å². The molecule has 4 heteroatoms. The van der Waals surface area contributed by atoms with Crippen molar-refractivity contribution in [2.75, 3.05) is 4.90 Å². The molecule has 112 valence electrons. The van der Waals surface area contributed by atoms with E-state index in [1.807, 2.05) is 16.9 Å². The van der Waals surface area contributed by atoms with Crippen LogP contribution in [-0.4, -0.2) is 14.9 Å². The molecule has 0 saturated heterocycles. The van der Waals surface area contributed by atoms with E-state index in [0.29, 0.717) is 5.92 Å². The average Bonchev–Trinajstić information content (AvgIpc) is 3.10. The molecule has 0 aliphatic carbocycles. The van der Waals surface area contributed by atoms with Crippen molar-refractivity contribution in [2.45, 2.75) is 46.5 Å². The highest BCUT2D eigenvalue weighted by Gasteiger charge is 2.20. The number of anilines is 1. The topological polar surface area (TPSA) is 41.3 Å². The highest BCUT2D eigenvalue weighted by atomic mass is 16.3. The normalized spacial score (nSPS) is 14.0. The lowest BCUT2D eigenvalue weighted by Gasteiger charge is -2.14. The Labute approximate surface area is 126 Å². The van der Waals surface area contributed by atoms with Gasteiger partial charge in [0.15, 0.2) is 0 Å². The summed E-state index contributed by atoms with van der Waals surface area (Å²) in [6.07, 6.45) is 5.25. The zero-order chi connectivity index (χ0) is 14.8. The third kappa shape index (κ3) is 3.10. The molecule has 0 amide bonds. The molecule has 21 heavy (non-hydrogen) atoms. The summed E-state index contributed by atoms with van der Waals surface area (Å²) >= 11 is 0. The molecule has 1 N–H and O–H groups in total. The Bertz CT molecular complexity index is 618. The summed E-state index contributed by atoms with van der Waals surface area (Å²) in [5.41, 5.74) is 4.84. The van der Waals surface area contributed by atoms with E-state index in [-0.39, 0.29) is 6.61 Å². The van der Waals surface area contributed by atoms with Crippen LogP contribution in [0.5, 0.6) is 0 Å². The van der Waals surface area contributed by atoms with Crippen LogP contribution in [0.2, 0.25) is 0 Å². The minimum absolute atomic E-state index is 0.112. The van der Waals surface area contributed by atoms with E-state index >= 15 is 0 Å². The molecule has 1 aromatic heterocycles. The van der Waals surface area contributed by atoms with Crippen LogP contribution in [0.25, 0.3) is 0 Å². The summed E-state index contributed by atoms with van der Waals surface area (Å²) in [4.78, 5) is 2.34. The van der Waals surface area contributed by atoms with Crippen LogP contribution in [0.4, 0.5) is 5.69 Å². The molecular weight excluding hydrogens is 262 g/mol. The van der Waals surface area contributed by atoms with Crippen molar-refractivity contribution in [1.82, 2.24) is 9.78 Å². The molecular formula is C17H23N3O.